The molecule has 2 aromatic rings. The van der Waals surface area contributed by atoms with E-state index in [9.17, 15) is 4.79 Å². The zero-order valence-corrected chi connectivity index (χ0v) is 12.1. The summed E-state index contributed by atoms with van der Waals surface area (Å²) in [5.41, 5.74) is 2.26. The number of aromatic nitrogens is 1. The van der Waals surface area contributed by atoms with Crippen molar-refractivity contribution >= 4 is 16.8 Å². The van der Waals surface area contributed by atoms with Crippen molar-refractivity contribution in [3.05, 3.63) is 30.0 Å². The summed E-state index contributed by atoms with van der Waals surface area (Å²) < 4.78 is 10.6. The normalized spacial score (nSPS) is 18.0. The molecule has 0 radical (unpaired) electrons. The van der Waals surface area contributed by atoms with Gasteiger partial charge in [0, 0.05) is 30.3 Å². The SMILES string of the molecule is COc1ccc2[nH]cc(CCNC(=O)[C@@H]3CCCO3)c2c1. The number of carbonyl (C=O) groups excluding carboxylic acids is 1. The first-order valence-corrected chi connectivity index (χ1v) is 7.31. The Morgan fingerprint density at radius 3 is 3.19 bits per heavy atom. The number of H-pyrrole nitrogens is 1. The fourth-order valence-corrected chi connectivity index (χ4v) is 2.71. The molecule has 0 aliphatic carbocycles. The zero-order valence-electron chi connectivity index (χ0n) is 12.1. The molecule has 0 bridgehead atoms. The van der Waals surface area contributed by atoms with Gasteiger partial charge in [0.2, 0.25) is 5.91 Å². The molecule has 3 rings (SSSR count). The van der Waals surface area contributed by atoms with Gasteiger partial charge < -0.3 is 19.8 Å². The maximum atomic E-state index is 11.9. The summed E-state index contributed by atoms with van der Waals surface area (Å²) in [5, 5.41) is 4.09. The fourth-order valence-electron chi connectivity index (χ4n) is 2.71. The largest absolute Gasteiger partial charge is 0.497 e. The summed E-state index contributed by atoms with van der Waals surface area (Å²) in [4.78, 5) is 15.1. The third-order valence-electron chi connectivity index (χ3n) is 3.89. The predicted octanol–water partition coefficient (Wildman–Crippen LogP) is 2.01. The van der Waals surface area contributed by atoms with Gasteiger partial charge in [-0.1, -0.05) is 0 Å². The molecule has 2 N–H and O–H groups in total. The van der Waals surface area contributed by atoms with Crippen molar-refractivity contribution in [1.82, 2.24) is 10.3 Å². The lowest BCUT2D eigenvalue weighted by molar-refractivity contribution is -0.129. The molecular formula is C16H20N2O3. The number of aromatic amines is 1. The number of benzene rings is 1. The second kappa shape index (κ2) is 6.18. The number of fused-ring (bicyclic) bond motifs is 1. The minimum Gasteiger partial charge on any atom is -0.497 e. The molecular weight excluding hydrogens is 268 g/mol. The molecule has 5 heteroatoms. The molecule has 0 spiro atoms. The molecule has 1 aromatic heterocycles. The summed E-state index contributed by atoms with van der Waals surface area (Å²) >= 11 is 0. The van der Waals surface area contributed by atoms with E-state index in [0.717, 1.165) is 35.9 Å². The number of carbonyl (C=O) groups is 1. The quantitative estimate of drug-likeness (QED) is 0.884. The van der Waals surface area contributed by atoms with Crippen LogP contribution in [0.5, 0.6) is 5.75 Å². The molecule has 1 atom stereocenters. The lowest BCUT2D eigenvalue weighted by Gasteiger charge is -2.10. The van der Waals surface area contributed by atoms with Crippen LogP contribution in [0.25, 0.3) is 10.9 Å². The summed E-state index contributed by atoms with van der Waals surface area (Å²) in [6, 6.07) is 5.95. The van der Waals surface area contributed by atoms with Crippen LogP contribution in [0.4, 0.5) is 0 Å². The van der Waals surface area contributed by atoms with E-state index < -0.39 is 0 Å². The van der Waals surface area contributed by atoms with Crippen molar-refractivity contribution in [2.75, 3.05) is 20.3 Å². The first-order valence-electron chi connectivity index (χ1n) is 7.31. The van der Waals surface area contributed by atoms with Gasteiger partial charge in [0.05, 0.1) is 7.11 Å². The first-order chi connectivity index (χ1) is 10.3. The van der Waals surface area contributed by atoms with Crippen LogP contribution in [0.3, 0.4) is 0 Å². The van der Waals surface area contributed by atoms with Crippen LogP contribution < -0.4 is 10.1 Å². The lowest BCUT2D eigenvalue weighted by atomic mass is 10.1. The number of hydrogen-bond acceptors (Lipinski definition) is 3. The van der Waals surface area contributed by atoms with Crippen LogP contribution in [0.2, 0.25) is 0 Å². The predicted molar refractivity (Wildman–Crippen MR) is 80.5 cm³/mol. The number of methoxy groups -OCH3 is 1. The molecule has 1 amide bonds. The van der Waals surface area contributed by atoms with E-state index in [1.54, 1.807) is 7.11 Å². The van der Waals surface area contributed by atoms with Gasteiger partial charge in [-0.3, -0.25) is 4.79 Å². The Bertz CT molecular complexity index is 629. The van der Waals surface area contributed by atoms with Gasteiger partial charge in [-0.2, -0.15) is 0 Å². The number of amides is 1. The van der Waals surface area contributed by atoms with Crippen molar-refractivity contribution in [3.8, 4) is 5.75 Å². The van der Waals surface area contributed by atoms with Gasteiger partial charge >= 0.3 is 0 Å². The Hall–Kier alpha value is -2.01. The highest BCUT2D eigenvalue weighted by molar-refractivity contribution is 5.85. The fraction of sp³-hybridized carbons (Fsp3) is 0.438. The molecule has 5 nitrogen and oxygen atoms in total. The van der Waals surface area contributed by atoms with Crippen LogP contribution in [-0.4, -0.2) is 37.3 Å². The molecule has 1 aliphatic rings. The van der Waals surface area contributed by atoms with Gasteiger partial charge in [0.25, 0.3) is 0 Å². The van der Waals surface area contributed by atoms with Crippen LogP contribution in [0, 0.1) is 0 Å². The molecule has 2 heterocycles. The van der Waals surface area contributed by atoms with Crippen LogP contribution in [0.1, 0.15) is 18.4 Å². The number of ether oxygens (including phenoxy) is 2. The average molecular weight is 288 g/mol. The Labute approximate surface area is 123 Å². The number of hydrogen-bond donors (Lipinski definition) is 2. The van der Waals surface area contributed by atoms with Crippen molar-refractivity contribution in [1.29, 1.82) is 0 Å². The third kappa shape index (κ3) is 3.03. The van der Waals surface area contributed by atoms with E-state index in [0.29, 0.717) is 13.2 Å². The molecule has 1 saturated heterocycles. The molecule has 112 valence electrons. The van der Waals surface area contributed by atoms with Crippen molar-refractivity contribution in [3.63, 3.8) is 0 Å². The summed E-state index contributed by atoms with van der Waals surface area (Å²) in [6.45, 7) is 1.31. The van der Waals surface area contributed by atoms with E-state index in [4.69, 9.17) is 9.47 Å². The molecule has 21 heavy (non-hydrogen) atoms. The molecule has 1 aliphatic heterocycles. The second-order valence-corrected chi connectivity index (χ2v) is 5.27. The van der Waals surface area contributed by atoms with Gasteiger partial charge in [0.15, 0.2) is 0 Å². The first kappa shape index (κ1) is 13.9. The highest BCUT2D eigenvalue weighted by atomic mass is 16.5. The van der Waals surface area contributed by atoms with E-state index in [1.807, 2.05) is 24.4 Å². The van der Waals surface area contributed by atoms with E-state index in [1.165, 1.54) is 5.56 Å². The number of rotatable bonds is 5. The molecule has 0 saturated carbocycles. The Morgan fingerprint density at radius 1 is 1.52 bits per heavy atom. The Kier molecular flexibility index (Phi) is 4.10. The van der Waals surface area contributed by atoms with Gasteiger partial charge in [0.1, 0.15) is 11.9 Å². The lowest BCUT2D eigenvalue weighted by Crippen LogP contribution is -2.35. The van der Waals surface area contributed by atoms with Crippen LogP contribution in [0.15, 0.2) is 24.4 Å². The molecule has 0 unspecified atom stereocenters. The highest BCUT2D eigenvalue weighted by Gasteiger charge is 2.22. The second-order valence-electron chi connectivity index (χ2n) is 5.27. The zero-order chi connectivity index (χ0) is 14.7. The van der Waals surface area contributed by atoms with E-state index in [2.05, 4.69) is 10.3 Å². The average Bonchev–Trinajstić information content (AvgIpc) is 3.16. The highest BCUT2D eigenvalue weighted by Crippen LogP contribution is 2.23. The van der Waals surface area contributed by atoms with E-state index in [-0.39, 0.29) is 12.0 Å². The van der Waals surface area contributed by atoms with Gasteiger partial charge in [-0.15, -0.1) is 0 Å². The standard InChI is InChI=1S/C16H20N2O3/c1-20-12-4-5-14-13(9-12)11(10-18-14)6-7-17-16(19)15-3-2-8-21-15/h4-5,9-10,15,18H,2-3,6-8H2,1H3,(H,17,19)/t15-/m0/s1. The minimum atomic E-state index is -0.256. The third-order valence-corrected chi connectivity index (χ3v) is 3.89. The maximum absolute atomic E-state index is 11.9. The molecule has 1 fully saturated rings. The van der Waals surface area contributed by atoms with Crippen molar-refractivity contribution in [2.24, 2.45) is 0 Å². The maximum Gasteiger partial charge on any atom is 0.249 e. The summed E-state index contributed by atoms with van der Waals surface area (Å²) in [7, 11) is 1.66. The van der Waals surface area contributed by atoms with Crippen LogP contribution >= 0.6 is 0 Å². The topological polar surface area (TPSA) is 63.3 Å². The Morgan fingerprint density at radius 2 is 2.43 bits per heavy atom. The summed E-state index contributed by atoms with van der Waals surface area (Å²) in [6.07, 6.45) is 4.32. The van der Waals surface area contributed by atoms with E-state index >= 15 is 0 Å². The van der Waals surface area contributed by atoms with Crippen LogP contribution in [-0.2, 0) is 16.0 Å². The Balaban J connectivity index is 1.61. The minimum absolute atomic E-state index is 0.00456. The molecule has 1 aromatic carbocycles. The summed E-state index contributed by atoms with van der Waals surface area (Å²) in [5.74, 6) is 0.844. The van der Waals surface area contributed by atoms with Crippen molar-refractivity contribution < 1.29 is 14.3 Å². The number of nitrogens with one attached hydrogen (secondary N) is 2. The monoisotopic (exact) mass is 288 g/mol. The van der Waals surface area contributed by atoms with Gasteiger partial charge in [-0.05, 0) is 43.0 Å². The van der Waals surface area contributed by atoms with Crippen molar-refractivity contribution in [2.45, 2.75) is 25.4 Å². The van der Waals surface area contributed by atoms with Gasteiger partial charge in [-0.25, -0.2) is 0 Å². The smallest absolute Gasteiger partial charge is 0.249 e.